The van der Waals surface area contributed by atoms with Gasteiger partial charge in [0, 0.05) is 6.07 Å². The minimum Gasteiger partial charge on any atom is -0.497 e. The number of nitrogens with zero attached hydrogens (tertiary/aromatic N) is 2. The van der Waals surface area contributed by atoms with Gasteiger partial charge in [0.05, 0.1) is 28.9 Å². The van der Waals surface area contributed by atoms with Gasteiger partial charge in [-0.1, -0.05) is 11.6 Å². The number of methoxy groups -OCH3 is 1. The zero-order chi connectivity index (χ0) is 14.3. The zero-order valence-corrected chi connectivity index (χ0v) is 11.4. The highest BCUT2D eigenvalue weighted by molar-refractivity contribution is 6.30. The lowest BCUT2D eigenvalue weighted by Crippen LogP contribution is -2.01. The van der Waals surface area contributed by atoms with Gasteiger partial charge in [0.25, 0.3) is 0 Å². The molecule has 2 aromatic carbocycles. The fourth-order valence-electron chi connectivity index (χ4n) is 2.10. The zero-order valence-electron chi connectivity index (χ0n) is 10.6. The second-order valence-electron chi connectivity index (χ2n) is 4.26. The molecule has 3 rings (SSSR count). The molecule has 0 fully saturated rings. The summed E-state index contributed by atoms with van der Waals surface area (Å²) in [5.74, 6) is 0.513. The first kappa shape index (κ1) is 12.7. The van der Waals surface area contributed by atoms with Crippen molar-refractivity contribution in [3.05, 3.63) is 47.2 Å². The van der Waals surface area contributed by atoms with Gasteiger partial charge < -0.3 is 10.5 Å². The lowest BCUT2D eigenvalue weighted by Gasteiger charge is -2.08. The van der Waals surface area contributed by atoms with E-state index in [1.54, 1.807) is 23.8 Å². The van der Waals surface area contributed by atoms with E-state index in [4.69, 9.17) is 22.1 Å². The minimum atomic E-state index is -0.476. The Hall–Kier alpha value is -2.27. The van der Waals surface area contributed by atoms with Crippen LogP contribution in [0.4, 0.5) is 10.3 Å². The van der Waals surface area contributed by atoms with Crippen LogP contribution in [0.25, 0.3) is 16.7 Å². The fraction of sp³-hybridized carbons (Fsp3) is 0.0714. The van der Waals surface area contributed by atoms with Crippen LogP contribution in [0.3, 0.4) is 0 Å². The lowest BCUT2D eigenvalue weighted by atomic mass is 10.2. The van der Waals surface area contributed by atoms with Crippen molar-refractivity contribution in [1.82, 2.24) is 9.55 Å². The Bertz CT molecular complexity index is 800. The van der Waals surface area contributed by atoms with Crippen molar-refractivity contribution >= 4 is 28.6 Å². The molecule has 0 amide bonds. The summed E-state index contributed by atoms with van der Waals surface area (Å²) in [5.41, 5.74) is 8.08. The number of hydrogen-bond donors (Lipinski definition) is 1. The minimum absolute atomic E-state index is 0.0339. The summed E-state index contributed by atoms with van der Waals surface area (Å²) in [6.07, 6.45) is 0. The molecule has 0 unspecified atom stereocenters. The van der Waals surface area contributed by atoms with Gasteiger partial charge >= 0.3 is 0 Å². The van der Waals surface area contributed by atoms with Crippen molar-refractivity contribution < 1.29 is 9.13 Å². The van der Waals surface area contributed by atoms with Crippen molar-refractivity contribution in [3.63, 3.8) is 0 Å². The first-order valence-corrected chi connectivity index (χ1v) is 6.25. The highest BCUT2D eigenvalue weighted by Crippen LogP contribution is 2.28. The number of rotatable bonds is 2. The Labute approximate surface area is 119 Å². The smallest absolute Gasteiger partial charge is 0.205 e. The second kappa shape index (κ2) is 4.68. The Morgan fingerprint density at radius 3 is 2.75 bits per heavy atom. The largest absolute Gasteiger partial charge is 0.497 e. The van der Waals surface area contributed by atoms with Gasteiger partial charge in [-0.2, -0.15) is 0 Å². The number of benzene rings is 2. The number of aromatic nitrogens is 2. The number of halogens is 2. The molecule has 0 saturated carbocycles. The number of hydrogen-bond acceptors (Lipinski definition) is 3. The SMILES string of the molecule is COc1ccc2nc(N)n(-c3ccc(F)c(Cl)c3)c2c1. The van der Waals surface area contributed by atoms with Crippen molar-refractivity contribution in [2.75, 3.05) is 12.8 Å². The van der Waals surface area contributed by atoms with Crippen LogP contribution in [0.1, 0.15) is 0 Å². The summed E-state index contributed by atoms with van der Waals surface area (Å²) in [5, 5.41) is 0.0339. The van der Waals surface area contributed by atoms with Gasteiger partial charge in [-0.3, -0.25) is 4.57 Å². The molecule has 102 valence electrons. The quantitative estimate of drug-likeness (QED) is 0.787. The fourth-order valence-corrected chi connectivity index (χ4v) is 2.27. The molecule has 20 heavy (non-hydrogen) atoms. The molecule has 0 aliphatic carbocycles. The molecule has 0 aliphatic rings. The highest BCUT2D eigenvalue weighted by Gasteiger charge is 2.12. The third-order valence-corrected chi connectivity index (χ3v) is 3.34. The van der Waals surface area contributed by atoms with Crippen LogP contribution in [-0.4, -0.2) is 16.7 Å². The predicted molar refractivity (Wildman–Crippen MR) is 77.0 cm³/mol. The van der Waals surface area contributed by atoms with Crippen LogP contribution in [0, 0.1) is 5.82 Å². The maximum absolute atomic E-state index is 13.3. The monoisotopic (exact) mass is 291 g/mol. The molecular formula is C14H11ClFN3O. The van der Waals surface area contributed by atoms with Gasteiger partial charge in [-0.15, -0.1) is 0 Å². The van der Waals surface area contributed by atoms with E-state index < -0.39 is 5.82 Å². The molecule has 0 aliphatic heterocycles. The van der Waals surface area contributed by atoms with Crippen LogP contribution >= 0.6 is 11.6 Å². The third kappa shape index (κ3) is 1.96. The van der Waals surface area contributed by atoms with Crippen molar-refractivity contribution in [2.45, 2.75) is 0 Å². The van der Waals surface area contributed by atoms with E-state index in [1.165, 1.54) is 12.1 Å². The molecular weight excluding hydrogens is 281 g/mol. The first-order valence-electron chi connectivity index (χ1n) is 5.87. The van der Waals surface area contributed by atoms with E-state index >= 15 is 0 Å². The Kier molecular flexibility index (Phi) is 2.99. The summed E-state index contributed by atoms with van der Waals surface area (Å²) in [7, 11) is 1.58. The van der Waals surface area contributed by atoms with Crippen molar-refractivity contribution in [3.8, 4) is 11.4 Å². The molecule has 0 spiro atoms. The molecule has 0 radical (unpaired) electrons. The van der Waals surface area contributed by atoms with Crippen molar-refractivity contribution in [1.29, 1.82) is 0 Å². The molecule has 0 saturated heterocycles. The van der Waals surface area contributed by atoms with E-state index in [9.17, 15) is 4.39 Å². The van der Waals surface area contributed by atoms with Crippen LogP contribution in [0.2, 0.25) is 5.02 Å². The molecule has 2 N–H and O–H groups in total. The Morgan fingerprint density at radius 2 is 2.05 bits per heavy atom. The van der Waals surface area contributed by atoms with Crippen LogP contribution < -0.4 is 10.5 Å². The third-order valence-electron chi connectivity index (χ3n) is 3.05. The normalized spacial score (nSPS) is 10.9. The number of imidazole rings is 1. The number of anilines is 1. The molecule has 3 aromatic rings. The Balaban J connectivity index is 2.28. The summed E-state index contributed by atoms with van der Waals surface area (Å²) >= 11 is 5.82. The molecule has 6 heteroatoms. The molecule has 0 bridgehead atoms. The van der Waals surface area contributed by atoms with Crippen LogP contribution in [0.5, 0.6) is 5.75 Å². The van der Waals surface area contributed by atoms with Crippen LogP contribution in [-0.2, 0) is 0 Å². The maximum Gasteiger partial charge on any atom is 0.205 e. The first-order chi connectivity index (χ1) is 9.60. The maximum atomic E-state index is 13.3. The van der Waals surface area contributed by atoms with Crippen LogP contribution in [0.15, 0.2) is 36.4 Å². The van der Waals surface area contributed by atoms with Crippen molar-refractivity contribution in [2.24, 2.45) is 0 Å². The van der Waals surface area contributed by atoms with E-state index in [2.05, 4.69) is 4.98 Å². The summed E-state index contributed by atoms with van der Waals surface area (Å²) in [4.78, 5) is 4.27. The molecule has 1 aromatic heterocycles. The predicted octanol–water partition coefficient (Wildman–Crippen LogP) is 3.41. The average Bonchev–Trinajstić information content (AvgIpc) is 2.77. The number of fused-ring (bicyclic) bond motifs is 1. The lowest BCUT2D eigenvalue weighted by molar-refractivity contribution is 0.415. The van der Waals surface area contributed by atoms with E-state index in [1.807, 2.05) is 12.1 Å². The van der Waals surface area contributed by atoms with E-state index in [-0.39, 0.29) is 5.02 Å². The van der Waals surface area contributed by atoms with Gasteiger partial charge in [-0.05, 0) is 30.3 Å². The topological polar surface area (TPSA) is 53.1 Å². The summed E-state index contributed by atoms with van der Waals surface area (Å²) in [6.45, 7) is 0. The standard InChI is InChI=1S/C14H11ClFN3O/c1-20-9-3-5-12-13(7-9)19(14(17)18-12)8-2-4-11(16)10(15)6-8/h2-7H,1H3,(H2,17,18). The molecule has 1 heterocycles. The van der Waals surface area contributed by atoms with Gasteiger partial charge in [-0.25, -0.2) is 9.37 Å². The number of ether oxygens (including phenoxy) is 1. The van der Waals surface area contributed by atoms with Gasteiger partial charge in [0.1, 0.15) is 11.6 Å². The van der Waals surface area contributed by atoms with E-state index in [0.29, 0.717) is 17.4 Å². The van der Waals surface area contributed by atoms with Gasteiger partial charge in [0.2, 0.25) is 5.95 Å². The summed E-state index contributed by atoms with van der Waals surface area (Å²) < 4.78 is 20.2. The van der Waals surface area contributed by atoms with E-state index in [0.717, 1.165) is 11.0 Å². The number of nitrogen functional groups attached to an aromatic ring is 1. The second-order valence-corrected chi connectivity index (χ2v) is 4.67. The Morgan fingerprint density at radius 1 is 1.25 bits per heavy atom. The number of nitrogens with two attached hydrogens (primary N) is 1. The molecule has 4 nitrogen and oxygen atoms in total. The summed E-state index contributed by atoms with van der Waals surface area (Å²) in [6, 6.07) is 9.83. The highest BCUT2D eigenvalue weighted by atomic mass is 35.5. The average molecular weight is 292 g/mol. The molecule has 0 atom stereocenters. The van der Waals surface area contributed by atoms with Gasteiger partial charge in [0.15, 0.2) is 0 Å².